The maximum atomic E-state index is 12.7. The van der Waals surface area contributed by atoms with Crippen LogP contribution in [0.2, 0.25) is 0 Å². The molecule has 0 fully saturated rings. The Labute approximate surface area is 171 Å². The van der Waals surface area contributed by atoms with Crippen molar-refractivity contribution in [2.75, 3.05) is 19.0 Å². The normalized spacial score (nSPS) is 10.6. The molecule has 2 aromatic carbocycles. The van der Waals surface area contributed by atoms with E-state index in [2.05, 4.69) is 10.3 Å². The van der Waals surface area contributed by atoms with Gasteiger partial charge in [0.05, 0.1) is 28.3 Å². The van der Waals surface area contributed by atoms with Crippen molar-refractivity contribution in [3.8, 4) is 0 Å². The summed E-state index contributed by atoms with van der Waals surface area (Å²) in [6.45, 7) is 1.26. The number of esters is 1. The number of benzene rings is 2. The third-order valence-electron chi connectivity index (χ3n) is 4.42. The second kappa shape index (κ2) is 9.10. The molecule has 0 unspecified atom stereocenters. The molecule has 0 aliphatic heterocycles. The predicted octanol–water partition coefficient (Wildman–Crippen LogP) is 3.39. The summed E-state index contributed by atoms with van der Waals surface area (Å²) >= 11 is 0. The van der Waals surface area contributed by atoms with Crippen molar-refractivity contribution >= 4 is 34.2 Å². The number of methoxy groups -OCH3 is 1. The van der Waals surface area contributed by atoms with Crippen molar-refractivity contribution in [1.29, 1.82) is 0 Å². The van der Waals surface area contributed by atoms with Crippen LogP contribution >= 0.6 is 0 Å². The van der Waals surface area contributed by atoms with Crippen LogP contribution in [0.5, 0.6) is 0 Å². The number of rotatable bonds is 7. The molecule has 1 aromatic heterocycles. The number of nitro benzene ring substituents is 1. The fraction of sp³-hybridized carbons (Fsp3) is 0.190. The summed E-state index contributed by atoms with van der Waals surface area (Å²) in [5.74, 6) is -1.42. The van der Waals surface area contributed by atoms with E-state index in [1.54, 1.807) is 13.0 Å². The van der Waals surface area contributed by atoms with Crippen LogP contribution in [0.1, 0.15) is 21.6 Å². The Morgan fingerprint density at radius 1 is 1.13 bits per heavy atom. The molecule has 0 spiro atoms. The first kappa shape index (κ1) is 20.9. The highest BCUT2D eigenvalue weighted by atomic mass is 16.6. The lowest BCUT2D eigenvalue weighted by molar-refractivity contribution is -0.383. The SMILES string of the molecule is COCc1nc2ccccc2c(C)c1C(=O)OCC(=O)Nc1ccccc1[N+](=O)[O-]. The molecule has 0 radical (unpaired) electrons. The molecule has 9 heteroatoms. The molecule has 0 saturated heterocycles. The lowest BCUT2D eigenvalue weighted by Crippen LogP contribution is -2.22. The van der Waals surface area contributed by atoms with Gasteiger partial charge in [-0.05, 0) is 24.6 Å². The number of pyridine rings is 1. The number of carbonyl (C=O) groups excluding carboxylic acids is 2. The quantitative estimate of drug-likeness (QED) is 0.361. The molecule has 3 aromatic rings. The average molecular weight is 409 g/mol. The number of para-hydroxylation sites is 3. The Hall–Kier alpha value is -3.85. The number of nitrogens with one attached hydrogen (secondary N) is 1. The third kappa shape index (κ3) is 4.41. The van der Waals surface area contributed by atoms with Gasteiger partial charge in [-0.1, -0.05) is 30.3 Å². The molecule has 0 aliphatic rings. The van der Waals surface area contributed by atoms with Gasteiger partial charge in [0, 0.05) is 18.6 Å². The number of hydrogen-bond acceptors (Lipinski definition) is 7. The van der Waals surface area contributed by atoms with Crippen molar-refractivity contribution in [1.82, 2.24) is 4.98 Å². The van der Waals surface area contributed by atoms with Crippen molar-refractivity contribution < 1.29 is 24.0 Å². The van der Waals surface area contributed by atoms with E-state index in [1.807, 2.05) is 24.3 Å². The molecule has 1 amide bonds. The predicted molar refractivity (Wildman–Crippen MR) is 109 cm³/mol. The summed E-state index contributed by atoms with van der Waals surface area (Å²) in [5.41, 5.74) is 1.78. The maximum Gasteiger partial charge on any atom is 0.340 e. The minimum Gasteiger partial charge on any atom is -0.452 e. The highest BCUT2D eigenvalue weighted by Crippen LogP contribution is 2.25. The maximum absolute atomic E-state index is 12.7. The van der Waals surface area contributed by atoms with Crippen LogP contribution < -0.4 is 5.32 Å². The van der Waals surface area contributed by atoms with Gasteiger partial charge in [0.1, 0.15) is 5.69 Å². The molecule has 0 bridgehead atoms. The van der Waals surface area contributed by atoms with Crippen LogP contribution in [-0.2, 0) is 20.9 Å². The summed E-state index contributed by atoms with van der Waals surface area (Å²) in [5, 5.41) is 14.2. The zero-order valence-electron chi connectivity index (χ0n) is 16.4. The standard InChI is InChI=1S/C21H19N3O6/c1-13-14-7-3-4-8-15(14)22-17(11-29-2)20(13)21(26)30-12-19(25)23-16-9-5-6-10-18(16)24(27)28/h3-10H,11-12H2,1-2H3,(H,23,25). The molecule has 0 saturated carbocycles. The fourth-order valence-corrected chi connectivity index (χ4v) is 3.08. The summed E-state index contributed by atoms with van der Waals surface area (Å²) in [6.07, 6.45) is 0. The van der Waals surface area contributed by atoms with E-state index in [0.717, 1.165) is 5.39 Å². The number of aryl methyl sites for hydroxylation is 1. The number of hydrogen-bond donors (Lipinski definition) is 1. The number of carbonyl (C=O) groups is 2. The molecule has 30 heavy (non-hydrogen) atoms. The second-order valence-corrected chi connectivity index (χ2v) is 6.41. The highest BCUT2D eigenvalue weighted by Gasteiger charge is 2.22. The third-order valence-corrected chi connectivity index (χ3v) is 4.42. The van der Waals surface area contributed by atoms with Gasteiger partial charge in [0.25, 0.3) is 11.6 Å². The van der Waals surface area contributed by atoms with Gasteiger partial charge < -0.3 is 14.8 Å². The lowest BCUT2D eigenvalue weighted by Gasteiger charge is -2.14. The van der Waals surface area contributed by atoms with Crippen LogP contribution in [0.15, 0.2) is 48.5 Å². The molecule has 9 nitrogen and oxygen atoms in total. The number of fused-ring (bicyclic) bond motifs is 1. The van der Waals surface area contributed by atoms with Crippen LogP contribution in [0, 0.1) is 17.0 Å². The summed E-state index contributed by atoms with van der Waals surface area (Å²) in [7, 11) is 1.49. The molecule has 1 N–H and O–H groups in total. The Morgan fingerprint density at radius 2 is 1.83 bits per heavy atom. The van der Waals surface area contributed by atoms with E-state index < -0.39 is 23.4 Å². The first-order valence-electron chi connectivity index (χ1n) is 9.00. The van der Waals surface area contributed by atoms with Gasteiger partial charge in [-0.25, -0.2) is 9.78 Å². The Kier molecular flexibility index (Phi) is 6.33. The monoisotopic (exact) mass is 409 g/mol. The van der Waals surface area contributed by atoms with Crippen molar-refractivity contribution in [2.45, 2.75) is 13.5 Å². The topological polar surface area (TPSA) is 121 Å². The zero-order chi connectivity index (χ0) is 21.7. The number of amides is 1. The van der Waals surface area contributed by atoms with Crippen LogP contribution in [0.3, 0.4) is 0 Å². The largest absolute Gasteiger partial charge is 0.452 e. The number of anilines is 1. The highest BCUT2D eigenvalue weighted by molar-refractivity contribution is 6.00. The average Bonchev–Trinajstić information content (AvgIpc) is 2.73. The van der Waals surface area contributed by atoms with E-state index >= 15 is 0 Å². The molecule has 0 aliphatic carbocycles. The molecule has 154 valence electrons. The van der Waals surface area contributed by atoms with E-state index in [9.17, 15) is 19.7 Å². The van der Waals surface area contributed by atoms with Crippen LogP contribution in [0.25, 0.3) is 10.9 Å². The van der Waals surface area contributed by atoms with Gasteiger partial charge >= 0.3 is 5.97 Å². The number of ether oxygens (including phenoxy) is 2. The van der Waals surface area contributed by atoms with E-state index in [-0.39, 0.29) is 23.5 Å². The summed E-state index contributed by atoms with van der Waals surface area (Å²) < 4.78 is 10.3. The van der Waals surface area contributed by atoms with E-state index in [1.165, 1.54) is 25.3 Å². The van der Waals surface area contributed by atoms with Crippen molar-refractivity contribution in [3.63, 3.8) is 0 Å². The van der Waals surface area contributed by atoms with Crippen molar-refractivity contribution in [3.05, 3.63) is 75.5 Å². The first-order chi connectivity index (χ1) is 14.4. The Balaban J connectivity index is 1.79. The van der Waals surface area contributed by atoms with Gasteiger partial charge in [0.15, 0.2) is 6.61 Å². The Morgan fingerprint density at radius 3 is 2.57 bits per heavy atom. The minimum atomic E-state index is -0.726. The fourth-order valence-electron chi connectivity index (χ4n) is 3.08. The Bertz CT molecular complexity index is 1130. The second-order valence-electron chi connectivity index (χ2n) is 6.41. The van der Waals surface area contributed by atoms with Crippen LogP contribution in [-0.4, -0.2) is 35.5 Å². The molecular formula is C21H19N3O6. The van der Waals surface area contributed by atoms with Gasteiger partial charge in [-0.2, -0.15) is 0 Å². The minimum absolute atomic E-state index is 0.0205. The number of aromatic nitrogens is 1. The molecule has 3 rings (SSSR count). The van der Waals surface area contributed by atoms with E-state index in [0.29, 0.717) is 16.8 Å². The molecule has 1 heterocycles. The lowest BCUT2D eigenvalue weighted by atomic mass is 10.0. The van der Waals surface area contributed by atoms with Gasteiger partial charge in [0.2, 0.25) is 0 Å². The van der Waals surface area contributed by atoms with Gasteiger partial charge in [-0.3, -0.25) is 14.9 Å². The first-order valence-corrected chi connectivity index (χ1v) is 9.00. The number of nitrogens with zero attached hydrogens (tertiary/aromatic N) is 2. The van der Waals surface area contributed by atoms with E-state index in [4.69, 9.17) is 9.47 Å². The van der Waals surface area contributed by atoms with Gasteiger partial charge in [-0.15, -0.1) is 0 Å². The number of nitro groups is 1. The molecular weight excluding hydrogens is 390 g/mol. The summed E-state index contributed by atoms with van der Waals surface area (Å²) in [6, 6.07) is 13.0. The van der Waals surface area contributed by atoms with Crippen LogP contribution in [0.4, 0.5) is 11.4 Å². The molecule has 0 atom stereocenters. The van der Waals surface area contributed by atoms with Crippen molar-refractivity contribution in [2.24, 2.45) is 0 Å². The zero-order valence-corrected chi connectivity index (χ0v) is 16.4. The summed E-state index contributed by atoms with van der Waals surface area (Å²) in [4.78, 5) is 39.8. The smallest absolute Gasteiger partial charge is 0.340 e.